The Morgan fingerprint density at radius 1 is 1.30 bits per heavy atom. The minimum atomic E-state index is -0.785. The van der Waals surface area contributed by atoms with Gasteiger partial charge in [-0.3, -0.25) is 0 Å². The summed E-state index contributed by atoms with van der Waals surface area (Å²) in [6.07, 6.45) is 5.59. The second kappa shape index (κ2) is 7.41. The van der Waals surface area contributed by atoms with E-state index in [1.165, 1.54) is 32.1 Å². The van der Waals surface area contributed by atoms with E-state index < -0.39 is 10.2 Å². The Balaban J connectivity index is 2.09. The van der Waals surface area contributed by atoms with Crippen molar-refractivity contribution in [3.63, 3.8) is 0 Å². The number of hydrogen-bond donors (Lipinski definition) is 1. The molecule has 0 bridgehead atoms. The van der Waals surface area contributed by atoms with E-state index in [9.17, 15) is 9.90 Å². The first-order valence-electron chi connectivity index (χ1n) is 7.75. The lowest BCUT2D eigenvalue weighted by atomic mass is 9.77. The SMILES string of the molecule is CCOC(=O)C1([C@H](O)[C@H](C)C2CCCCC2)SCCS1. The monoisotopic (exact) mass is 318 g/mol. The van der Waals surface area contributed by atoms with Crippen molar-refractivity contribution in [1.82, 2.24) is 0 Å². The van der Waals surface area contributed by atoms with Crippen molar-refractivity contribution in [2.45, 2.75) is 56.1 Å². The van der Waals surface area contributed by atoms with Crippen LogP contribution in [-0.2, 0) is 9.53 Å². The predicted molar refractivity (Wildman–Crippen MR) is 86.0 cm³/mol. The zero-order valence-electron chi connectivity index (χ0n) is 12.5. The third kappa shape index (κ3) is 3.30. The summed E-state index contributed by atoms with van der Waals surface area (Å²) in [6.45, 7) is 4.32. The molecular formula is C15H26O3S2. The highest BCUT2D eigenvalue weighted by Gasteiger charge is 2.53. The number of ether oxygens (including phenoxy) is 1. The van der Waals surface area contributed by atoms with Gasteiger partial charge in [-0.1, -0.05) is 39.0 Å². The summed E-state index contributed by atoms with van der Waals surface area (Å²) in [5.74, 6) is 2.31. The molecule has 1 N–H and O–H groups in total. The van der Waals surface area contributed by atoms with Crippen molar-refractivity contribution < 1.29 is 14.6 Å². The van der Waals surface area contributed by atoms with E-state index in [2.05, 4.69) is 6.92 Å². The number of carbonyl (C=O) groups is 1. The molecule has 1 saturated heterocycles. The fourth-order valence-electron chi connectivity index (χ4n) is 3.33. The Hall–Kier alpha value is 0.130. The first-order chi connectivity index (χ1) is 9.62. The molecule has 5 heteroatoms. The van der Waals surface area contributed by atoms with Gasteiger partial charge in [0.25, 0.3) is 0 Å². The minimum Gasteiger partial charge on any atom is -0.464 e. The Kier molecular flexibility index (Phi) is 6.11. The Labute approximate surface area is 130 Å². The Morgan fingerprint density at radius 2 is 1.90 bits per heavy atom. The molecular weight excluding hydrogens is 292 g/mol. The maximum atomic E-state index is 12.4. The Bertz CT molecular complexity index is 323. The number of hydrogen-bond acceptors (Lipinski definition) is 5. The van der Waals surface area contributed by atoms with Crippen molar-refractivity contribution in [2.75, 3.05) is 18.1 Å². The molecule has 0 radical (unpaired) electrons. The molecule has 0 aromatic rings. The van der Waals surface area contributed by atoms with Crippen molar-refractivity contribution in [3.8, 4) is 0 Å². The highest BCUT2D eigenvalue weighted by Crippen LogP contribution is 2.50. The van der Waals surface area contributed by atoms with Gasteiger partial charge >= 0.3 is 5.97 Å². The molecule has 0 aromatic heterocycles. The normalized spacial score (nSPS) is 26.1. The molecule has 0 spiro atoms. The fourth-order valence-corrected chi connectivity index (χ4v) is 6.56. The first kappa shape index (κ1) is 16.5. The smallest absolute Gasteiger partial charge is 0.335 e. The Morgan fingerprint density at radius 3 is 2.45 bits per heavy atom. The van der Waals surface area contributed by atoms with Gasteiger partial charge in [-0.2, -0.15) is 0 Å². The summed E-state index contributed by atoms with van der Waals surface area (Å²) < 4.78 is 4.46. The van der Waals surface area contributed by atoms with Crippen LogP contribution in [0.1, 0.15) is 46.0 Å². The second-order valence-electron chi connectivity index (χ2n) is 5.79. The predicted octanol–water partition coefficient (Wildman–Crippen LogP) is 3.30. The van der Waals surface area contributed by atoms with Crippen LogP contribution in [0.5, 0.6) is 0 Å². The van der Waals surface area contributed by atoms with E-state index in [4.69, 9.17) is 4.74 Å². The minimum absolute atomic E-state index is 0.165. The largest absolute Gasteiger partial charge is 0.464 e. The van der Waals surface area contributed by atoms with E-state index in [0.29, 0.717) is 12.5 Å². The van der Waals surface area contributed by atoms with Crippen molar-refractivity contribution in [2.24, 2.45) is 11.8 Å². The van der Waals surface area contributed by atoms with Crippen LogP contribution < -0.4 is 0 Å². The molecule has 1 aliphatic carbocycles. The molecule has 1 saturated carbocycles. The van der Waals surface area contributed by atoms with Gasteiger partial charge in [0.15, 0.2) is 4.08 Å². The van der Waals surface area contributed by atoms with Gasteiger partial charge in [-0.25, -0.2) is 4.79 Å². The topological polar surface area (TPSA) is 46.5 Å². The molecule has 20 heavy (non-hydrogen) atoms. The molecule has 2 atom stereocenters. The lowest BCUT2D eigenvalue weighted by molar-refractivity contribution is -0.146. The van der Waals surface area contributed by atoms with E-state index in [1.807, 2.05) is 6.92 Å². The number of carbonyl (C=O) groups excluding carboxylic acids is 1. The maximum absolute atomic E-state index is 12.4. The van der Waals surface area contributed by atoms with Gasteiger partial charge in [0.1, 0.15) is 0 Å². The molecule has 3 nitrogen and oxygen atoms in total. The zero-order chi connectivity index (χ0) is 14.6. The zero-order valence-corrected chi connectivity index (χ0v) is 14.1. The number of rotatable bonds is 5. The number of aliphatic hydroxyl groups is 1. The van der Waals surface area contributed by atoms with Crippen LogP contribution in [0.4, 0.5) is 0 Å². The van der Waals surface area contributed by atoms with E-state index in [1.54, 1.807) is 23.5 Å². The summed E-state index contributed by atoms with van der Waals surface area (Å²) >= 11 is 3.15. The quantitative estimate of drug-likeness (QED) is 0.788. The number of thioether (sulfide) groups is 2. The van der Waals surface area contributed by atoms with Gasteiger partial charge in [0.05, 0.1) is 12.7 Å². The summed E-state index contributed by atoms with van der Waals surface area (Å²) in [5, 5.41) is 10.9. The van der Waals surface area contributed by atoms with Gasteiger partial charge < -0.3 is 9.84 Å². The summed E-state index contributed by atoms with van der Waals surface area (Å²) in [4.78, 5) is 12.4. The summed E-state index contributed by atoms with van der Waals surface area (Å²) in [5.41, 5.74) is 0. The van der Waals surface area contributed by atoms with Crippen molar-refractivity contribution in [1.29, 1.82) is 0 Å². The second-order valence-corrected chi connectivity index (χ2v) is 8.73. The molecule has 0 aromatic carbocycles. The average molecular weight is 319 g/mol. The maximum Gasteiger partial charge on any atom is 0.335 e. The van der Waals surface area contributed by atoms with Crippen molar-refractivity contribution >= 4 is 29.5 Å². The standard InChI is InChI=1S/C15H26O3S2/c1-3-18-14(17)15(19-9-10-20-15)13(16)11(2)12-7-5-4-6-8-12/h11-13,16H,3-10H2,1-2H3/t11-,13-/m1/s1. The third-order valence-corrected chi connectivity index (χ3v) is 8.01. The van der Waals surface area contributed by atoms with Gasteiger partial charge in [0, 0.05) is 11.5 Å². The molecule has 1 aliphatic heterocycles. The molecule has 2 aliphatic rings. The van der Waals surface area contributed by atoms with Crippen LogP contribution in [0.25, 0.3) is 0 Å². The lowest BCUT2D eigenvalue weighted by Gasteiger charge is -2.38. The first-order valence-corrected chi connectivity index (χ1v) is 9.72. The molecule has 1 heterocycles. The van der Waals surface area contributed by atoms with Crippen molar-refractivity contribution in [3.05, 3.63) is 0 Å². The van der Waals surface area contributed by atoms with Crippen LogP contribution in [0.3, 0.4) is 0 Å². The van der Waals surface area contributed by atoms with E-state index in [-0.39, 0.29) is 11.9 Å². The molecule has 116 valence electrons. The van der Waals surface area contributed by atoms with Gasteiger partial charge in [-0.05, 0) is 18.8 Å². The fraction of sp³-hybridized carbons (Fsp3) is 0.933. The summed E-state index contributed by atoms with van der Waals surface area (Å²) in [7, 11) is 0. The van der Waals surface area contributed by atoms with E-state index >= 15 is 0 Å². The number of aliphatic hydroxyl groups excluding tert-OH is 1. The molecule has 2 rings (SSSR count). The molecule has 0 amide bonds. The van der Waals surface area contributed by atoms with Crippen LogP contribution in [0.2, 0.25) is 0 Å². The lowest BCUT2D eigenvalue weighted by Crippen LogP contribution is -2.48. The number of esters is 1. The van der Waals surface area contributed by atoms with Crippen LogP contribution >= 0.6 is 23.5 Å². The highest BCUT2D eigenvalue weighted by molar-refractivity contribution is 8.22. The summed E-state index contributed by atoms with van der Waals surface area (Å²) in [6, 6.07) is 0. The highest BCUT2D eigenvalue weighted by atomic mass is 32.2. The van der Waals surface area contributed by atoms with Crippen LogP contribution in [0.15, 0.2) is 0 Å². The van der Waals surface area contributed by atoms with Crippen LogP contribution in [0, 0.1) is 11.8 Å². The molecule has 2 fully saturated rings. The van der Waals surface area contributed by atoms with Crippen LogP contribution in [-0.4, -0.2) is 39.4 Å². The van der Waals surface area contributed by atoms with E-state index in [0.717, 1.165) is 11.5 Å². The van der Waals surface area contributed by atoms with Gasteiger partial charge in [0.2, 0.25) is 0 Å². The average Bonchev–Trinajstić information content (AvgIpc) is 2.98. The molecule has 0 unspecified atom stereocenters. The third-order valence-electron chi connectivity index (χ3n) is 4.56. The van der Waals surface area contributed by atoms with Gasteiger partial charge in [-0.15, -0.1) is 23.5 Å².